The van der Waals surface area contributed by atoms with Gasteiger partial charge in [0.1, 0.15) is 0 Å². The van der Waals surface area contributed by atoms with Crippen LogP contribution in [0.3, 0.4) is 0 Å². The monoisotopic (exact) mass is 209 g/mol. The minimum Gasteiger partial charge on any atom is -0.302 e. The molecular weight excluding hydrogens is 197 g/mol. The molecule has 0 aromatic heterocycles. The second kappa shape index (κ2) is 6.02. The van der Waals surface area contributed by atoms with Crippen molar-refractivity contribution in [3.05, 3.63) is 0 Å². The molecule has 6 nitrogen and oxygen atoms in total. The highest BCUT2D eigenvalue weighted by Crippen LogP contribution is 2.44. The van der Waals surface area contributed by atoms with Crippen LogP contribution in [0.2, 0.25) is 0 Å². The Morgan fingerprint density at radius 1 is 1.69 bits per heavy atom. The van der Waals surface area contributed by atoms with Gasteiger partial charge in [-0.25, -0.2) is 9.36 Å². The molecule has 0 fully saturated rings. The van der Waals surface area contributed by atoms with Gasteiger partial charge in [-0.3, -0.25) is 9.05 Å². The number of aliphatic imine (C=N–C) groups is 1. The van der Waals surface area contributed by atoms with E-state index in [0.29, 0.717) is 12.8 Å². The first-order valence-electron chi connectivity index (χ1n) is 3.69. The average Bonchev–Trinajstić information content (AvgIpc) is 2.05. The Kier molecular flexibility index (Phi) is 5.79. The molecule has 7 heteroatoms. The van der Waals surface area contributed by atoms with Crippen LogP contribution >= 0.6 is 7.82 Å². The lowest BCUT2D eigenvalue weighted by Gasteiger charge is -2.13. The summed E-state index contributed by atoms with van der Waals surface area (Å²) in [4.78, 5) is 22.0. The van der Waals surface area contributed by atoms with Crippen LogP contribution in [0.5, 0.6) is 0 Å². The zero-order chi connectivity index (χ0) is 10.3. The van der Waals surface area contributed by atoms with E-state index in [2.05, 4.69) is 14.0 Å². The molecule has 76 valence electrons. The first kappa shape index (κ1) is 12.5. The molecule has 0 aliphatic heterocycles. The average molecular weight is 209 g/mol. The van der Waals surface area contributed by atoms with E-state index in [0.717, 1.165) is 7.11 Å². The van der Waals surface area contributed by atoms with Crippen molar-refractivity contribution in [3.8, 4) is 0 Å². The van der Waals surface area contributed by atoms with Gasteiger partial charge in [-0.15, -0.1) is 0 Å². The molecule has 0 spiro atoms. The minimum absolute atomic E-state index is 0.364. The van der Waals surface area contributed by atoms with Crippen LogP contribution in [0.1, 0.15) is 19.8 Å². The first-order chi connectivity index (χ1) is 6.05. The number of hydrogen-bond donors (Lipinski definition) is 1. The zero-order valence-corrected chi connectivity index (χ0v) is 8.36. The SMILES string of the molecule is CCCC(N=C=O)OP(=O)(O)OC. The number of nitrogens with zero attached hydrogens (tertiary/aromatic N) is 1. The lowest BCUT2D eigenvalue weighted by molar-refractivity contribution is 0.118. The summed E-state index contributed by atoms with van der Waals surface area (Å²) in [6.45, 7) is 1.83. The summed E-state index contributed by atoms with van der Waals surface area (Å²) >= 11 is 0. The van der Waals surface area contributed by atoms with Gasteiger partial charge in [0.15, 0.2) is 6.23 Å². The maximum atomic E-state index is 10.9. The lowest BCUT2D eigenvalue weighted by atomic mass is 10.3. The summed E-state index contributed by atoms with van der Waals surface area (Å²) in [6, 6.07) is 0. The van der Waals surface area contributed by atoms with Gasteiger partial charge in [-0.2, -0.15) is 4.99 Å². The molecule has 0 radical (unpaired) electrons. The molecule has 0 aliphatic carbocycles. The van der Waals surface area contributed by atoms with Crippen LogP contribution in [0.25, 0.3) is 0 Å². The van der Waals surface area contributed by atoms with Crippen LogP contribution in [-0.4, -0.2) is 24.3 Å². The van der Waals surface area contributed by atoms with Crippen molar-refractivity contribution in [2.45, 2.75) is 26.0 Å². The van der Waals surface area contributed by atoms with Crippen molar-refractivity contribution >= 4 is 13.9 Å². The number of rotatable bonds is 6. The molecule has 0 amide bonds. The molecule has 1 N–H and O–H groups in total. The predicted molar refractivity (Wildman–Crippen MR) is 44.7 cm³/mol. The van der Waals surface area contributed by atoms with Crippen molar-refractivity contribution in [1.82, 2.24) is 0 Å². The number of hydrogen-bond acceptors (Lipinski definition) is 5. The third-order valence-corrected chi connectivity index (χ3v) is 2.19. The molecule has 2 atom stereocenters. The topological polar surface area (TPSA) is 85.2 Å². The fourth-order valence-corrected chi connectivity index (χ4v) is 1.19. The van der Waals surface area contributed by atoms with E-state index in [-0.39, 0.29) is 0 Å². The number of isocyanates is 1. The third kappa shape index (κ3) is 5.69. The van der Waals surface area contributed by atoms with Gasteiger partial charge in [0.2, 0.25) is 6.08 Å². The molecule has 13 heavy (non-hydrogen) atoms. The summed E-state index contributed by atoms with van der Waals surface area (Å²) < 4.78 is 19.6. The van der Waals surface area contributed by atoms with Gasteiger partial charge in [0, 0.05) is 7.11 Å². The highest BCUT2D eigenvalue weighted by molar-refractivity contribution is 7.47. The van der Waals surface area contributed by atoms with Gasteiger partial charge >= 0.3 is 7.82 Å². The highest BCUT2D eigenvalue weighted by Gasteiger charge is 2.24. The second-order valence-corrected chi connectivity index (χ2v) is 3.73. The largest absolute Gasteiger partial charge is 0.473 e. The summed E-state index contributed by atoms with van der Waals surface area (Å²) in [6.07, 6.45) is 1.33. The first-order valence-corrected chi connectivity index (χ1v) is 5.19. The second-order valence-electron chi connectivity index (χ2n) is 2.22. The Morgan fingerprint density at radius 3 is 2.69 bits per heavy atom. The van der Waals surface area contributed by atoms with Crippen LogP contribution < -0.4 is 0 Å². The third-order valence-electron chi connectivity index (χ3n) is 1.22. The van der Waals surface area contributed by atoms with Gasteiger partial charge in [0.25, 0.3) is 0 Å². The molecule has 0 aromatic rings. The smallest absolute Gasteiger partial charge is 0.302 e. The molecule has 0 rings (SSSR count). The summed E-state index contributed by atoms with van der Waals surface area (Å²) in [5, 5.41) is 0. The normalized spacial score (nSPS) is 17.2. The van der Waals surface area contributed by atoms with Crippen molar-refractivity contribution in [2.24, 2.45) is 4.99 Å². The maximum absolute atomic E-state index is 10.9. The number of phosphoric ester groups is 1. The minimum atomic E-state index is -4.06. The van der Waals surface area contributed by atoms with Crippen LogP contribution in [0.15, 0.2) is 4.99 Å². The van der Waals surface area contributed by atoms with E-state index in [1.165, 1.54) is 6.08 Å². The quantitative estimate of drug-likeness (QED) is 0.403. The standard InChI is InChI=1S/C6H12NO5P/c1-3-4-6(7-5-8)12-13(9,10)11-2/h6H,3-4H2,1-2H3,(H,9,10). The van der Waals surface area contributed by atoms with Crippen LogP contribution in [0.4, 0.5) is 0 Å². The van der Waals surface area contributed by atoms with E-state index in [1.807, 2.05) is 6.92 Å². The van der Waals surface area contributed by atoms with E-state index < -0.39 is 14.1 Å². The lowest BCUT2D eigenvalue weighted by Crippen LogP contribution is -2.08. The maximum Gasteiger partial charge on any atom is 0.473 e. The fraction of sp³-hybridized carbons (Fsp3) is 0.833. The summed E-state index contributed by atoms with van der Waals surface area (Å²) in [5.41, 5.74) is 0. The predicted octanol–water partition coefficient (Wildman–Crippen LogP) is 1.21. The molecule has 2 unspecified atom stereocenters. The van der Waals surface area contributed by atoms with Crippen molar-refractivity contribution in [1.29, 1.82) is 0 Å². The van der Waals surface area contributed by atoms with E-state index in [1.54, 1.807) is 0 Å². The number of carbonyl (C=O) groups excluding carboxylic acids is 1. The van der Waals surface area contributed by atoms with Crippen molar-refractivity contribution < 1.29 is 23.3 Å². The molecular formula is C6H12NO5P. The summed E-state index contributed by atoms with van der Waals surface area (Å²) in [5.74, 6) is 0. The fourth-order valence-electron chi connectivity index (χ4n) is 0.643. The van der Waals surface area contributed by atoms with Gasteiger partial charge in [-0.1, -0.05) is 13.3 Å². The van der Waals surface area contributed by atoms with Crippen LogP contribution in [0, 0.1) is 0 Å². The van der Waals surface area contributed by atoms with E-state index in [4.69, 9.17) is 4.89 Å². The Balaban J connectivity index is 4.24. The summed E-state index contributed by atoms with van der Waals surface area (Å²) in [7, 11) is -3.03. The molecule has 0 aromatic carbocycles. The Bertz CT molecular complexity index is 237. The highest BCUT2D eigenvalue weighted by atomic mass is 31.2. The molecule has 0 heterocycles. The van der Waals surface area contributed by atoms with Gasteiger partial charge < -0.3 is 4.89 Å². The Hall–Kier alpha value is -0.510. The molecule has 0 aliphatic rings. The van der Waals surface area contributed by atoms with Crippen molar-refractivity contribution in [2.75, 3.05) is 7.11 Å². The Morgan fingerprint density at radius 2 is 2.31 bits per heavy atom. The van der Waals surface area contributed by atoms with Gasteiger partial charge in [-0.05, 0) is 6.42 Å². The molecule has 0 saturated heterocycles. The molecule has 0 bridgehead atoms. The molecule has 0 saturated carbocycles. The van der Waals surface area contributed by atoms with Crippen molar-refractivity contribution in [3.63, 3.8) is 0 Å². The van der Waals surface area contributed by atoms with Gasteiger partial charge in [0.05, 0.1) is 0 Å². The van der Waals surface area contributed by atoms with E-state index in [9.17, 15) is 9.36 Å². The van der Waals surface area contributed by atoms with E-state index >= 15 is 0 Å². The Labute approximate surface area is 76.2 Å². The van der Waals surface area contributed by atoms with Crippen LogP contribution in [-0.2, 0) is 18.4 Å². The number of phosphoric acid groups is 1. The zero-order valence-electron chi connectivity index (χ0n) is 7.47.